The first-order valence-electron chi connectivity index (χ1n) is 12.8. The topological polar surface area (TPSA) is 79.3 Å². The van der Waals surface area contributed by atoms with Crippen molar-refractivity contribution < 1.29 is 33.0 Å². The summed E-state index contributed by atoms with van der Waals surface area (Å²) >= 11 is 6.62. The highest BCUT2D eigenvalue weighted by atomic mass is 32.2. The van der Waals surface area contributed by atoms with Gasteiger partial charge in [0, 0.05) is 44.2 Å². The lowest BCUT2D eigenvalue weighted by Gasteiger charge is -2.26. The maximum absolute atomic E-state index is 13.9. The Morgan fingerprint density at radius 3 is 2.51 bits per heavy atom. The van der Waals surface area contributed by atoms with Crippen LogP contribution in [0.1, 0.15) is 31.2 Å². The molecule has 0 spiro atoms. The quantitative estimate of drug-likeness (QED) is 0.210. The number of carboxylic acids is 1. The zero-order valence-electron chi connectivity index (χ0n) is 21.4. The maximum atomic E-state index is 13.9. The van der Waals surface area contributed by atoms with Gasteiger partial charge in [-0.15, -0.1) is 0 Å². The molecule has 2 aliphatic rings. The molecule has 2 fully saturated rings. The molecule has 0 saturated carbocycles. The van der Waals surface area contributed by atoms with Gasteiger partial charge in [0.15, 0.2) is 0 Å². The number of amides is 1. The number of halogens is 2. The van der Waals surface area contributed by atoms with Gasteiger partial charge in [0.1, 0.15) is 28.3 Å². The van der Waals surface area contributed by atoms with Crippen molar-refractivity contribution in [1.82, 2.24) is 9.80 Å². The van der Waals surface area contributed by atoms with E-state index in [4.69, 9.17) is 26.8 Å². The van der Waals surface area contributed by atoms with E-state index in [0.717, 1.165) is 19.2 Å². The summed E-state index contributed by atoms with van der Waals surface area (Å²) in [5.74, 6) is -1.88. The van der Waals surface area contributed by atoms with Crippen LogP contribution >= 0.6 is 24.0 Å². The average Bonchev–Trinajstić information content (AvgIpc) is 3.16. The number of benzene rings is 2. The molecule has 2 aliphatic heterocycles. The molecule has 208 valence electrons. The molecule has 0 bridgehead atoms. The summed E-state index contributed by atoms with van der Waals surface area (Å²) < 4.78 is 39.7. The number of carbonyl (C=O) groups excluding carboxylic acids is 1. The Morgan fingerprint density at radius 2 is 1.79 bits per heavy atom. The molecule has 0 unspecified atom stereocenters. The average molecular weight is 577 g/mol. The third-order valence-electron chi connectivity index (χ3n) is 6.41. The van der Waals surface area contributed by atoms with Crippen molar-refractivity contribution in [3.8, 4) is 16.9 Å². The summed E-state index contributed by atoms with van der Waals surface area (Å²) in [5.41, 5.74) is 1.55. The number of unbranched alkanes of at least 4 members (excludes halogenated alkanes) is 2. The normalized spacial score (nSPS) is 17.3. The second kappa shape index (κ2) is 14.0. The van der Waals surface area contributed by atoms with E-state index in [9.17, 15) is 18.4 Å². The summed E-state index contributed by atoms with van der Waals surface area (Å²) in [5, 5.41) is 8.79. The molecule has 0 radical (unpaired) electrons. The van der Waals surface area contributed by atoms with Gasteiger partial charge in [-0.1, -0.05) is 36.5 Å². The number of carbonyl (C=O) groups is 2. The smallest absolute Gasteiger partial charge is 0.303 e. The number of morpholine rings is 1. The van der Waals surface area contributed by atoms with Crippen molar-refractivity contribution in [2.24, 2.45) is 0 Å². The number of hydrogen-bond donors (Lipinski definition) is 1. The van der Waals surface area contributed by atoms with E-state index in [1.54, 1.807) is 24.3 Å². The molecule has 0 aromatic heterocycles. The number of rotatable bonds is 12. The molecular weight excluding hydrogens is 546 g/mol. The van der Waals surface area contributed by atoms with E-state index in [1.165, 1.54) is 28.8 Å². The molecule has 7 nitrogen and oxygen atoms in total. The Morgan fingerprint density at radius 1 is 1.05 bits per heavy atom. The van der Waals surface area contributed by atoms with Gasteiger partial charge in [-0.25, -0.2) is 8.78 Å². The molecule has 1 N–H and O–H groups in total. The largest absolute Gasteiger partial charge is 0.492 e. The van der Waals surface area contributed by atoms with E-state index in [-0.39, 0.29) is 12.3 Å². The fourth-order valence-electron chi connectivity index (χ4n) is 4.36. The third kappa shape index (κ3) is 8.31. The number of hydrogen-bond acceptors (Lipinski definition) is 7. The lowest BCUT2D eigenvalue weighted by molar-refractivity contribution is -0.137. The van der Waals surface area contributed by atoms with E-state index >= 15 is 0 Å². The summed E-state index contributed by atoms with van der Waals surface area (Å²) in [7, 11) is 0. The molecule has 2 aromatic carbocycles. The number of thioether (sulfide) groups is 1. The molecule has 0 aliphatic carbocycles. The van der Waals surface area contributed by atoms with Crippen molar-refractivity contribution in [3.05, 3.63) is 58.5 Å². The monoisotopic (exact) mass is 576 g/mol. The van der Waals surface area contributed by atoms with Crippen LogP contribution in [0, 0.1) is 11.6 Å². The van der Waals surface area contributed by atoms with Crippen LogP contribution in [0.15, 0.2) is 41.3 Å². The Balaban J connectivity index is 1.53. The summed E-state index contributed by atoms with van der Waals surface area (Å²) in [6.07, 6.45) is 3.66. The third-order valence-corrected chi connectivity index (χ3v) is 7.78. The second-order valence-corrected chi connectivity index (χ2v) is 10.9. The van der Waals surface area contributed by atoms with Gasteiger partial charge >= 0.3 is 5.97 Å². The molecular formula is C28H30F2N2O5S2. The molecule has 1 amide bonds. The van der Waals surface area contributed by atoms with E-state index in [0.29, 0.717) is 83.8 Å². The number of ether oxygens (including phenoxy) is 2. The number of thiocarbonyl (C=S) groups is 1. The number of aliphatic carboxylic acids is 1. The van der Waals surface area contributed by atoms with Crippen LogP contribution in [0.5, 0.6) is 5.75 Å². The van der Waals surface area contributed by atoms with Gasteiger partial charge in [0.2, 0.25) is 0 Å². The van der Waals surface area contributed by atoms with E-state index < -0.39 is 17.6 Å². The second-order valence-electron chi connectivity index (χ2n) is 9.25. The minimum absolute atomic E-state index is 0.0954. The fourth-order valence-corrected chi connectivity index (χ4v) is 5.66. The Kier molecular flexibility index (Phi) is 10.4. The van der Waals surface area contributed by atoms with Crippen molar-refractivity contribution in [1.29, 1.82) is 0 Å². The lowest BCUT2D eigenvalue weighted by Crippen LogP contribution is -2.38. The highest BCUT2D eigenvalue weighted by Crippen LogP contribution is 2.36. The fraction of sp³-hybridized carbons (Fsp3) is 0.393. The number of carboxylic acid groups (broad SMARTS) is 1. The van der Waals surface area contributed by atoms with Gasteiger partial charge in [0.25, 0.3) is 5.91 Å². The van der Waals surface area contributed by atoms with Gasteiger partial charge < -0.3 is 14.6 Å². The van der Waals surface area contributed by atoms with Crippen molar-refractivity contribution in [2.45, 2.75) is 25.7 Å². The molecule has 39 heavy (non-hydrogen) atoms. The Bertz CT molecular complexity index is 1230. The molecule has 0 atom stereocenters. The van der Waals surface area contributed by atoms with Crippen molar-refractivity contribution >= 4 is 46.3 Å². The minimum atomic E-state index is -0.838. The molecule has 4 rings (SSSR count). The first-order chi connectivity index (χ1) is 18.8. The van der Waals surface area contributed by atoms with Gasteiger partial charge in [-0.05, 0) is 54.3 Å². The maximum Gasteiger partial charge on any atom is 0.303 e. The molecule has 11 heteroatoms. The Hall–Kier alpha value is -2.86. The Labute approximate surface area is 235 Å². The zero-order valence-corrected chi connectivity index (χ0v) is 23.0. The standard InChI is InChI=1S/C28H30F2N2O5S2/c29-22-15-20(16-23(30)18-22)19-5-6-24(37-13-10-31-8-11-36-12-9-31)21(14-19)17-25-27(35)32(28(38)39-25)7-3-1-2-4-26(33)34/h5-6,14-18H,1-4,7-13H2,(H,33,34). The van der Waals surface area contributed by atoms with Crippen LogP contribution in [0.2, 0.25) is 0 Å². The van der Waals surface area contributed by atoms with Crippen LogP contribution in [-0.2, 0) is 14.3 Å². The summed E-state index contributed by atoms with van der Waals surface area (Å²) in [6, 6.07) is 8.55. The minimum Gasteiger partial charge on any atom is -0.492 e. The van der Waals surface area contributed by atoms with Crippen LogP contribution in [0.25, 0.3) is 17.2 Å². The van der Waals surface area contributed by atoms with Crippen molar-refractivity contribution in [3.63, 3.8) is 0 Å². The first kappa shape index (κ1) is 29.1. The lowest BCUT2D eigenvalue weighted by atomic mass is 10.0. The van der Waals surface area contributed by atoms with Crippen LogP contribution in [0.4, 0.5) is 8.78 Å². The first-order valence-corrected chi connectivity index (χ1v) is 14.0. The van der Waals surface area contributed by atoms with Crippen LogP contribution in [-0.4, -0.2) is 77.1 Å². The van der Waals surface area contributed by atoms with Gasteiger partial charge in [-0.2, -0.15) is 0 Å². The van der Waals surface area contributed by atoms with E-state index in [1.807, 2.05) is 0 Å². The molecule has 2 heterocycles. The SMILES string of the molecule is O=C(O)CCCCCN1C(=O)C(=Cc2cc(-c3cc(F)cc(F)c3)ccc2OCCN2CCOCC2)SC1=S. The summed E-state index contributed by atoms with van der Waals surface area (Å²) in [6.45, 7) is 4.58. The predicted molar refractivity (Wildman–Crippen MR) is 151 cm³/mol. The van der Waals surface area contributed by atoms with Gasteiger partial charge in [0.05, 0.1) is 18.1 Å². The molecule has 2 saturated heterocycles. The molecule has 2 aromatic rings. The highest BCUT2D eigenvalue weighted by Gasteiger charge is 2.31. The van der Waals surface area contributed by atoms with Crippen molar-refractivity contribution in [2.75, 3.05) is 46.0 Å². The highest BCUT2D eigenvalue weighted by molar-refractivity contribution is 8.26. The number of nitrogens with zero attached hydrogens (tertiary/aromatic N) is 2. The van der Waals surface area contributed by atoms with Gasteiger partial charge in [-0.3, -0.25) is 19.4 Å². The van der Waals surface area contributed by atoms with Crippen LogP contribution in [0.3, 0.4) is 0 Å². The van der Waals surface area contributed by atoms with E-state index in [2.05, 4.69) is 4.90 Å². The van der Waals surface area contributed by atoms with Crippen LogP contribution < -0.4 is 4.74 Å². The zero-order chi connectivity index (χ0) is 27.8. The summed E-state index contributed by atoms with van der Waals surface area (Å²) in [4.78, 5) is 28.1. The predicted octanol–water partition coefficient (Wildman–Crippen LogP) is 5.19.